The Bertz CT molecular complexity index is 285. The van der Waals surface area contributed by atoms with Crippen molar-refractivity contribution in [1.29, 1.82) is 0 Å². The lowest BCUT2D eigenvalue weighted by atomic mass is 9.55. The number of aliphatic hydroxyl groups excluding tert-OH is 1. The van der Waals surface area contributed by atoms with E-state index in [9.17, 15) is 19.0 Å². The van der Waals surface area contributed by atoms with Crippen LogP contribution in [0.15, 0.2) is 0 Å². The van der Waals surface area contributed by atoms with E-state index in [0.717, 1.165) is 19.3 Å². The van der Waals surface area contributed by atoms with Crippen LogP contribution in [-0.2, 0) is 0 Å². The molecule has 0 aromatic heterocycles. The molecule has 2 aliphatic carbocycles. The molecule has 2 saturated carbocycles. The molecule has 0 saturated heterocycles. The minimum Gasteiger partial charge on any atom is -0.396 e. The van der Waals surface area contributed by atoms with Crippen LogP contribution in [-0.4, -0.2) is 28.3 Å². The lowest BCUT2D eigenvalue weighted by Crippen LogP contribution is -2.62. The summed E-state index contributed by atoms with van der Waals surface area (Å²) in [6, 6.07) is 0. The van der Waals surface area contributed by atoms with Gasteiger partial charge in [0.2, 0.25) is 5.92 Å². The summed E-state index contributed by atoms with van der Waals surface area (Å²) in [4.78, 5) is 0. The summed E-state index contributed by atoms with van der Waals surface area (Å²) in [5.74, 6) is -2.16. The minimum atomic E-state index is -2.70. The molecular weight excluding hydrogens is 226 g/mol. The third kappa shape index (κ3) is 2.22. The topological polar surface area (TPSA) is 40.5 Å². The zero-order valence-corrected chi connectivity index (χ0v) is 10.4. The second-order valence-electron chi connectivity index (χ2n) is 6.22. The highest BCUT2D eigenvalue weighted by atomic mass is 19.3. The molecule has 17 heavy (non-hydrogen) atoms. The Morgan fingerprint density at radius 3 is 2.35 bits per heavy atom. The van der Waals surface area contributed by atoms with E-state index in [0.29, 0.717) is 18.8 Å². The fourth-order valence-corrected chi connectivity index (χ4v) is 3.55. The van der Waals surface area contributed by atoms with Gasteiger partial charge < -0.3 is 10.2 Å². The highest BCUT2D eigenvalue weighted by molar-refractivity contribution is 5.10. The van der Waals surface area contributed by atoms with Gasteiger partial charge in [0, 0.05) is 18.3 Å². The van der Waals surface area contributed by atoms with Gasteiger partial charge in [0.15, 0.2) is 0 Å². The second-order valence-corrected chi connectivity index (χ2v) is 6.22. The van der Waals surface area contributed by atoms with Crippen molar-refractivity contribution >= 4 is 0 Å². The summed E-state index contributed by atoms with van der Waals surface area (Å²) < 4.78 is 26.2. The molecule has 2 fully saturated rings. The zero-order valence-electron chi connectivity index (χ0n) is 10.4. The third-order valence-electron chi connectivity index (χ3n) is 4.82. The maximum absolute atomic E-state index is 13.1. The Balaban J connectivity index is 2.13. The quantitative estimate of drug-likeness (QED) is 0.738. The van der Waals surface area contributed by atoms with E-state index in [4.69, 9.17) is 0 Å². The standard InChI is InChI=1S/C13H22F2O2/c1-10-3-2-5-12(17,6-4-10)11(9-16)7-13(14,15)8-11/h10,16-17H,2-9H2,1H3. The lowest BCUT2D eigenvalue weighted by molar-refractivity contribution is -0.255. The van der Waals surface area contributed by atoms with Gasteiger partial charge >= 0.3 is 0 Å². The Kier molecular flexibility index (Phi) is 3.24. The molecule has 2 N–H and O–H groups in total. The minimum absolute atomic E-state index is 0.326. The van der Waals surface area contributed by atoms with Crippen molar-refractivity contribution in [2.45, 2.75) is 63.4 Å². The average Bonchev–Trinajstić information content (AvgIpc) is 2.38. The monoisotopic (exact) mass is 248 g/mol. The van der Waals surface area contributed by atoms with Crippen LogP contribution in [0.25, 0.3) is 0 Å². The third-order valence-corrected chi connectivity index (χ3v) is 4.82. The summed E-state index contributed by atoms with van der Waals surface area (Å²) in [7, 11) is 0. The predicted molar refractivity (Wildman–Crippen MR) is 60.9 cm³/mol. The van der Waals surface area contributed by atoms with Crippen LogP contribution in [0.5, 0.6) is 0 Å². The summed E-state index contributed by atoms with van der Waals surface area (Å²) in [6.45, 7) is 1.81. The van der Waals surface area contributed by atoms with Gasteiger partial charge in [-0.2, -0.15) is 0 Å². The van der Waals surface area contributed by atoms with Crippen molar-refractivity contribution in [3.05, 3.63) is 0 Å². The van der Waals surface area contributed by atoms with Gasteiger partial charge in [0.1, 0.15) is 0 Å². The maximum atomic E-state index is 13.1. The predicted octanol–water partition coefficient (Wildman–Crippen LogP) is 2.73. The lowest BCUT2D eigenvalue weighted by Gasteiger charge is -2.55. The van der Waals surface area contributed by atoms with Gasteiger partial charge in [-0.05, 0) is 25.2 Å². The summed E-state index contributed by atoms with van der Waals surface area (Å²) in [5.41, 5.74) is -2.05. The van der Waals surface area contributed by atoms with Gasteiger partial charge in [-0.25, -0.2) is 8.78 Å². The Hall–Kier alpha value is -0.220. The van der Waals surface area contributed by atoms with Crippen LogP contribution >= 0.6 is 0 Å². The molecule has 0 spiro atoms. The number of hydrogen-bond acceptors (Lipinski definition) is 2. The van der Waals surface area contributed by atoms with Crippen molar-refractivity contribution in [2.75, 3.05) is 6.61 Å². The molecule has 2 aliphatic rings. The van der Waals surface area contributed by atoms with Crippen molar-refractivity contribution < 1.29 is 19.0 Å². The van der Waals surface area contributed by atoms with Crippen LogP contribution in [0, 0.1) is 11.3 Å². The Labute approximate surface area is 101 Å². The van der Waals surface area contributed by atoms with Crippen LogP contribution in [0.3, 0.4) is 0 Å². The van der Waals surface area contributed by atoms with E-state index in [1.54, 1.807) is 0 Å². The molecule has 0 amide bonds. The van der Waals surface area contributed by atoms with E-state index in [1.807, 2.05) is 0 Å². The largest absolute Gasteiger partial charge is 0.396 e. The van der Waals surface area contributed by atoms with Crippen molar-refractivity contribution in [3.63, 3.8) is 0 Å². The zero-order chi connectivity index (χ0) is 12.7. The van der Waals surface area contributed by atoms with E-state index >= 15 is 0 Å². The smallest absolute Gasteiger partial charge is 0.249 e. The summed E-state index contributed by atoms with van der Waals surface area (Å²) in [6.07, 6.45) is 3.15. The molecule has 0 bridgehead atoms. The molecule has 0 aliphatic heterocycles. The van der Waals surface area contributed by atoms with E-state index in [2.05, 4.69) is 6.92 Å². The van der Waals surface area contributed by atoms with Crippen LogP contribution in [0.4, 0.5) is 8.78 Å². The normalized spacial score (nSPS) is 40.4. The molecule has 100 valence electrons. The van der Waals surface area contributed by atoms with Gasteiger partial charge in [0.25, 0.3) is 0 Å². The van der Waals surface area contributed by atoms with Gasteiger partial charge in [-0.1, -0.05) is 19.8 Å². The van der Waals surface area contributed by atoms with Gasteiger partial charge in [-0.3, -0.25) is 0 Å². The van der Waals surface area contributed by atoms with Crippen molar-refractivity contribution in [3.8, 4) is 0 Å². The molecule has 0 heterocycles. The van der Waals surface area contributed by atoms with E-state index in [-0.39, 0.29) is 19.4 Å². The highest BCUT2D eigenvalue weighted by Crippen LogP contribution is 2.60. The van der Waals surface area contributed by atoms with Crippen LogP contribution in [0.1, 0.15) is 51.9 Å². The molecule has 0 aromatic carbocycles. The van der Waals surface area contributed by atoms with Crippen LogP contribution in [0.2, 0.25) is 0 Å². The van der Waals surface area contributed by atoms with Crippen LogP contribution < -0.4 is 0 Å². The summed E-state index contributed by atoms with van der Waals surface area (Å²) >= 11 is 0. The number of rotatable bonds is 2. The van der Waals surface area contributed by atoms with Gasteiger partial charge in [-0.15, -0.1) is 0 Å². The summed E-state index contributed by atoms with van der Waals surface area (Å²) in [5, 5.41) is 20.1. The first-order valence-electron chi connectivity index (χ1n) is 6.54. The van der Waals surface area contributed by atoms with Crippen molar-refractivity contribution in [1.82, 2.24) is 0 Å². The Morgan fingerprint density at radius 1 is 1.18 bits per heavy atom. The number of aliphatic hydroxyl groups is 2. The molecule has 2 atom stereocenters. The number of halogens is 2. The first-order chi connectivity index (χ1) is 7.83. The SMILES string of the molecule is CC1CCCC(O)(C2(CO)CC(F)(F)C2)CC1. The van der Waals surface area contributed by atoms with Gasteiger partial charge in [0.05, 0.1) is 12.2 Å². The molecule has 2 rings (SSSR count). The molecule has 2 unspecified atom stereocenters. The first-order valence-corrected chi connectivity index (χ1v) is 6.54. The van der Waals surface area contributed by atoms with E-state index in [1.165, 1.54) is 0 Å². The fraction of sp³-hybridized carbons (Fsp3) is 1.00. The Morgan fingerprint density at radius 2 is 1.82 bits per heavy atom. The molecular formula is C13H22F2O2. The molecule has 0 radical (unpaired) electrons. The molecule has 4 heteroatoms. The van der Waals surface area contributed by atoms with Crippen molar-refractivity contribution in [2.24, 2.45) is 11.3 Å². The average molecular weight is 248 g/mol. The number of hydrogen-bond donors (Lipinski definition) is 2. The number of alkyl halides is 2. The fourth-order valence-electron chi connectivity index (χ4n) is 3.55. The maximum Gasteiger partial charge on any atom is 0.249 e. The highest BCUT2D eigenvalue weighted by Gasteiger charge is 2.65. The molecule has 0 aromatic rings. The first kappa shape index (κ1) is 13.2. The second kappa shape index (κ2) is 4.16. The molecule has 2 nitrogen and oxygen atoms in total. The van der Waals surface area contributed by atoms with E-state index < -0.39 is 16.9 Å².